The van der Waals surface area contributed by atoms with Crippen LogP contribution in [0.4, 0.5) is 11.4 Å². The van der Waals surface area contributed by atoms with E-state index in [-0.39, 0.29) is 18.4 Å². The van der Waals surface area contributed by atoms with Crippen molar-refractivity contribution >= 4 is 17.3 Å². The van der Waals surface area contributed by atoms with Gasteiger partial charge in [-0.25, -0.2) is 0 Å². The van der Waals surface area contributed by atoms with E-state index < -0.39 is 0 Å². The van der Waals surface area contributed by atoms with Crippen LogP contribution in [0.5, 0.6) is 0 Å². The minimum Gasteiger partial charge on any atom is -0.398 e. The van der Waals surface area contributed by atoms with Crippen molar-refractivity contribution in [3.8, 4) is 6.07 Å². The number of nitrogens with two attached hydrogens (primary N) is 2. The number of hydrogen-bond donors (Lipinski definition) is 2. The monoisotopic (exact) mass is 258 g/mol. The number of rotatable bonds is 3. The number of nitrogen functional groups attached to an aromatic ring is 1. The zero-order valence-corrected chi connectivity index (χ0v) is 10.8. The van der Waals surface area contributed by atoms with Crippen LogP contribution in [0.1, 0.15) is 24.8 Å². The van der Waals surface area contributed by atoms with E-state index in [0.717, 1.165) is 37.1 Å². The van der Waals surface area contributed by atoms with Gasteiger partial charge < -0.3 is 16.4 Å². The fourth-order valence-corrected chi connectivity index (χ4v) is 2.55. The van der Waals surface area contributed by atoms with Crippen molar-refractivity contribution < 1.29 is 4.79 Å². The normalized spacial score (nSPS) is 18.9. The second-order valence-corrected chi connectivity index (χ2v) is 4.83. The van der Waals surface area contributed by atoms with Crippen LogP contribution in [0.3, 0.4) is 0 Å². The molecule has 1 heterocycles. The van der Waals surface area contributed by atoms with Gasteiger partial charge in [-0.3, -0.25) is 4.79 Å². The highest BCUT2D eigenvalue weighted by atomic mass is 16.1. The first-order chi connectivity index (χ1) is 9.13. The van der Waals surface area contributed by atoms with Crippen molar-refractivity contribution in [3.05, 3.63) is 23.8 Å². The summed E-state index contributed by atoms with van der Waals surface area (Å²) in [6.07, 6.45) is 3.12. The topological polar surface area (TPSA) is 96.1 Å². The Hall–Kier alpha value is -2.22. The third-order valence-corrected chi connectivity index (χ3v) is 3.56. The van der Waals surface area contributed by atoms with Crippen LogP contribution in [0.25, 0.3) is 0 Å². The first-order valence-corrected chi connectivity index (χ1v) is 6.45. The number of anilines is 2. The molecule has 1 fully saturated rings. The van der Waals surface area contributed by atoms with Crippen LogP contribution in [-0.2, 0) is 11.2 Å². The number of carbonyl (C=O) groups excluding carboxylic acids is 1. The smallest absolute Gasteiger partial charge is 0.240 e. The van der Waals surface area contributed by atoms with E-state index in [1.165, 1.54) is 0 Å². The Morgan fingerprint density at radius 1 is 1.47 bits per heavy atom. The Kier molecular flexibility index (Phi) is 3.91. The van der Waals surface area contributed by atoms with E-state index in [9.17, 15) is 4.79 Å². The van der Waals surface area contributed by atoms with E-state index in [4.69, 9.17) is 16.7 Å². The predicted molar refractivity (Wildman–Crippen MR) is 74.4 cm³/mol. The van der Waals surface area contributed by atoms with Gasteiger partial charge in [0.15, 0.2) is 0 Å². The SMILES string of the molecule is N#CCc1cc(N2CCCCC2C(N)=O)ccc1N. The molecule has 0 spiro atoms. The summed E-state index contributed by atoms with van der Waals surface area (Å²) in [6, 6.07) is 7.40. The summed E-state index contributed by atoms with van der Waals surface area (Å²) in [7, 11) is 0. The van der Waals surface area contributed by atoms with Crippen LogP contribution >= 0.6 is 0 Å². The molecule has 5 nitrogen and oxygen atoms in total. The average Bonchev–Trinajstić information content (AvgIpc) is 2.41. The molecule has 1 aromatic carbocycles. The first-order valence-electron chi connectivity index (χ1n) is 6.45. The molecule has 0 aromatic heterocycles. The fourth-order valence-electron chi connectivity index (χ4n) is 2.55. The molecule has 2 rings (SSSR count). The van der Waals surface area contributed by atoms with Crippen molar-refractivity contribution in [2.45, 2.75) is 31.7 Å². The lowest BCUT2D eigenvalue weighted by Crippen LogP contribution is -2.47. The maximum atomic E-state index is 11.5. The third kappa shape index (κ3) is 2.79. The predicted octanol–water partition coefficient (Wildman–Crippen LogP) is 1.18. The van der Waals surface area contributed by atoms with Gasteiger partial charge in [0.05, 0.1) is 12.5 Å². The van der Waals surface area contributed by atoms with Crippen molar-refractivity contribution in [1.82, 2.24) is 0 Å². The number of piperidine rings is 1. The highest BCUT2D eigenvalue weighted by Crippen LogP contribution is 2.27. The molecule has 19 heavy (non-hydrogen) atoms. The van der Waals surface area contributed by atoms with Gasteiger partial charge >= 0.3 is 0 Å². The Morgan fingerprint density at radius 2 is 2.26 bits per heavy atom. The zero-order valence-electron chi connectivity index (χ0n) is 10.8. The summed E-state index contributed by atoms with van der Waals surface area (Å²) in [6.45, 7) is 0.809. The average molecular weight is 258 g/mol. The molecular weight excluding hydrogens is 240 g/mol. The van der Waals surface area contributed by atoms with Crippen LogP contribution in [0.15, 0.2) is 18.2 Å². The molecule has 1 amide bonds. The lowest BCUT2D eigenvalue weighted by molar-refractivity contribution is -0.119. The maximum absolute atomic E-state index is 11.5. The summed E-state index contributed by atoms with van der Waals surface area (Å²) in [4.78, 5) is 13.5. The second kappa shape index (κ2) is 5.61. The van der Waals surface area contributed by atoms with Gasteiger partial charge in [-0.15, -0.1) is 0 Å². The molecule has 1 saturated heterocycles. The van der Waals surface area contributed by atoms with Crippen LogP contribution < -0.4 is 16.4 Å². The van der Waals surface area contributed by atoms with Crippen molar-refractivity contribution in [2.75, 3.05) is 17.2 Å². The lowest BCUT2D eigenvalue weighted by atomic mass is 9.99. The summed E-state index contributed by atoms with van der Waals surface area (Å²) >= 11 is 0. The minimum atomic E-state index is -0.293. The highest BCUT2D eigenvalue weighted by molar-refractivity contribution is 5.84. The lowest BCUT2D eigenvalue weighted by Gasteiger charge is -2.35. The van der Waals surface area contributed by atoms with Crippen LogP contribution in [0.2, 0.25) is 0 Å². The molecule has 5 heteroatoms. The first kappa shape index (κ1) is 13.2. The quantitative estimate of drug-likeness (QED) is 0.796. The number of nitrogens with zero attached hydrogens (tertiary/aromatic N) is 2. The second-order valence-electron chi connectivity index (χ2n) is 4.83. The Labute approximate surface area is 112 Å². The molecular formula is C14H18N4O. The molecule has 0 bridgehead atoms. The molecule has 0 saturated carbocycles. The number of amides is 1. The van der Waals surface area contributed by atoms with Gasteiger partial charge in [-0.1, -0.05) is 0 Å². The summed E-state index contributed by atoms with van der Waals surface area (Å²) in [5, 5.41) is 8.79. The summed E-state index contributed by atoms with van der Waals surface area (Å²) < 4.78 is 0. The van der Waals surface area contributed by atoms with Crippen molar-refractivity contribution in [3.63, 3.8) is 0 Å². The van der Waals surface area contributed by atoms with Gasteiger partial charge in [0.25, 0.3) is 0 Å². The summed E-state index contributed by atoms with van der Waals surface area (Å²) in [5.41, 5.74) is 13.6. The summed E-state index contributed by atoms with van der Waals surface area (Å²) in [5.74, 6) is -0.293. The van der Waals surface area contributed by atoms with Gasteiger partial charge in [-0.05, 0) is 43.0 Å². The number of carbonyl (C=O) groups is 1. The number of primary amides is 1. The Balaban J connectivity index is 2.31. The molecule has 1 unspecified atom stereocenters. The number of hydrogen-bond acceptors (Lipinski definition) is 4. The standard InChI is InChI=1S/C14H18N4O/c15-7-6-10-9-11(4-5-12(10)16)18-8-2-1-3-13(18)14(17)19/h4-5,9,13H,1-3,6,8,16H2,(H2,17,19). The van der Waals surface area contributed by atoms with Crippen LogP contribution in [0, 0.1) is 11.3 Å². The van der Waals surface area contributed by atoms with Gasteiger partial charge in [0.2, 0.25) is 5.91 Å². The Morgan fingerprint density at radius 3 is 2.95 bits per heavy atom. The molecule has 1 aliphatic rings. The molecule has 1 aromatic rings. The van der Waals surface area contributed by atoms with Crippen molar-refractivity contribution in [1.29, 1.82) is 5.26 Å². The van der Waals surface area contributed by atoms with E-state index in [0.29, 0.717) is 5.69 Å². The molecule has 4 N–H and O–H groups in total. The zero-order chi connectivity index (χ0) is 13.8. The molecule has 0 radical (unpaired) electrons. The van der Waals surface area contributed by atoms with E-state index in [2.05, 4.69) is 6.07 Å². The van der Waals surface area contributed by atoms with E-state index >= 15 is 0 Å². The largest absolute Gasteiger partial charge is 0.398 e. The molecule has 1 aliphatic heterocycles. The number of nitriles is 1. The third-order valence-electron chi connectivity index (χ3n) is 3.56. The molecule has 1 atom stereocenters. The van der Waals surface area contributed by atoms with E-state index in [1.54, 1.807) is 6.07 Å². The van der Waals surface area contributed by atoms with Gasteiger partial charge in [-0.2, -0.15) is 5.26 Å². The number of benzene rings is 1. The van der Waals surface area contributed by atoms with Gasteiger partial charge in [0.1, 0.15) is 6.04 Å². The van der Waals surface area contributed by atoms with E-state index in [1.807, 2.05) is 17.0 Å². The Bertz CT molecular complexity index is 521. The maximum Gasteiger partial charge on any atom is 0.240 e. The molecule has 0 aliphatic carbocycles. The minimum absolute atomic E-state index is 0.257. The highest BCUT2D eigenvalue weighted by Gasteiger charge is 2.27. The molecule has 100 valence electrons. The fraction of sp³-hybridized carbons (Fsp3) is 0.429. The van der Waals surface area contributed by atoms with Crippen LogP contribution in [-0.4, -0.2) is 18.5 Å². The van der Waals surface area contributed by atoms with Gasteiger partial charge in [0, 0.05) is 17.9 Å². The van der Waals surface area contributed by atoms with Crippen molar-refractivity contribution in [2.24, 2.45) is 5.73 Å².